The molecular formula is C22H14F2N2O2S. The van der Waals surface area contributed by atoms with Gasteiger partial charge in [-0.2, -0.15) is 5.01 Å². The van der Waals surface area contributed by atoms with Crippen LogP contribution >= 0.6 is 11.8 Å². The number of Topliss-reactive ketones (excluding diaryl/α,β-unsaturated/α-hetero) is 1. The van der Waals surface area contributed by atoms with E-state index in [2.05, 4.69) is 16.9 Å². The largest absolute Gasteiger partial charge is 0.294 e. The molecule has 0 spiro atoms. The third kappa shape index (κ3) is 3.71. The molecule has 7 heteroatoms. The summed E-state index contributed by atoms with van der Waals surface area (Å²) >= 11 is 1.17. The van der Waals surface area contributed by atoms with Crippen molar-refractivity contribution in [3.63, 3.8) is 0 Å². The third-order valence-electron chi connectivity index (χ3n) is 4.60. The molecule has 0 N–H and O–H groups in total. The summed E-state index contributed by atoms with van der Waals surface area (Å²) in [6.07, 6.45) is -0.0266. The average molecular weight is 408 g/mol. The van der Waals surface area contributed by atoms with E-state index in [1.54, 1.807) is 6.92 Å². The molecule has 0 aromatic heterocycles. The SMILES string of the molecule is CC1=C2SC(C#Cc3ccccc3)=NN2C(=O)C(Cc2ccc(F)c(F)c2)C1=O. The zero-order valence-corrected chi connectivity index (χ0v) is 16.1. The number of thioether (sulfide) groups is 1. The maximum Gasteiger partial charge on any atom is 0.259 e. The Labute approximate surface area is 170 Å². The highest BCUT2D eigenvalue weighted by Crippen LogP contribution is 2.39. The van der Waals surface area contributed by atoms with E-state index in [0.717, 1.165) is 17.7 Å². The summed E-state index contributed by atoms with van der Waals surface area (Å²) in [5, 5.41) is 6.31. The Hall–Kier alpha value is -3.24. The molecule has 2 aliphatic rings. The van der Waals surface area contributed by atoms with Crippen LogP contribution in [0.15, 0.2) is 64.2 Å². The Morgan fingerprint density at radius 1 is 1.07 bits per heavy atom. The quantitative estimate of drug-likeness (QED) is 0.560. The van der Waals surface area contributed by atoms with Crippen molar-refractivity contribution >= 4 is 28.5 Å². The highest BCUT2D eigenvalue weighted by Gasteiger charge is 2.43. The second-order valence-electron chi connectivity index (χ2n) is 6.57. The molecule has 0 fully saturated rings. The lowest BCUT2D eigenvalue weighted by Crippen LogP contribution is -2.41. The number of fused-ring (bicyclic) bond motifs is 1. The number of benzene rings is 2. The number of carbonyl (C=O) groups excluding carboxylic acids is 2. The van der Waals surface area contributed by atoms with Gasteiger partial charge in [-0.05, 0) is 60.9 Å². The number of amides is 1. The fourth-order valence-electron chi connectivity index (χ4n) is 3.08. The number of hydrogen-bond donors (Lipinski definition) is 0. The molecule has 2 aromatic carbocycles. The maximum absolute atomic E-state index is 13.5. The van der Waals surface area contributed by atoms with Crippen LogP contribution in [0.2, 0.25) is 0 Å². The molecule has 2 aliphatic heterocycles. The van der Waals surface area contributed by atoms with E-state index < -0.39 is 23.5 Å². The Bertz CT molecular complexity index is 1150. The molecule has 2 aromatic rings. The number of rotatable bonds is 2. The van der Waals surface area contributed by atoms with Crippen LogP contribution in [-0.4, -0.2) is 21.7 Å². The van der Waals surface area contributed by atoms with Gasteiger partial charge in [-0.15, -0.1) is 5.10 Å². The first kappa shape index (κ1) is 19.1. The lowest BCUT2D eigenvalue weighted by atomic mass is 9.89. The standard InChI is InChI=1S/C22H14F2N2O2S/c1-13-20(27)16(11-15-7-9-17(23)18(24)12-15)21(28)26-22(13)29-19(25-26)10-8-14-5-3-2-4-6-14/h2-7,9,12,16H,11H2,1H3. The Morgan fingerprint density at radius 2 is 1.83 bits per heavy atom. The van der Waals surface area contributed by atoms with Crippen molar-refractivity contribution < 1.29 is 18.4 Å². The number of allylic oxidation sites excluding steroid dienone is 1. The molecule has 4 nitrogen and oxygen atoms in total. The van der Waals surface area contributed by atoms with Gasteiger partial charge in [0.2, 0.25) is 0 Å². The van der Waals surface area contributed by atoms with Gasteiger partial charge in [0.1, 0.15) is 10.9 Å². The normalized spacial score (nSPS) is 18.4. The van der Waals surface area contributed by atoms with Crippen molar-refractivity contribution in [2.75, 3.05) is 0 Å². The monoisotopic (exact) mass is 408 g/mol. The van der Waals surface area contributed by atoms with E-state index in [4.69, 9.17) is 0 Å². The van der Waals surface area contributed by atoms with E-state index >= 15 is 0 Å². The Kier molecular flexibility index (Phi) is 5.03. The van der Waals surface area contributed by atoms with E-state index in [-0.39, 0.29) is 12.2 Å². The van der Waals surface area contributed by atoms with Crippen LogP contribution in [0.4, 0.5) is 8.78 Å². The third-order valence-corrected chi connectivity index (χ3v) is 5.65. The van der Waals surface area contributed by atoms with E-state index in [0.29, 0.717) is 21.2 Å². The van der Waals surface area contributed by atoms with Crippen molar-refractivity contribution in [3.05, 3.63) is 81.9 Å². The van der Waals surface area contributed by atoms with Crippen LogP contribution in [0.3, 0.4) is 0 Å². The van der Waals surface area contributed by atoms with Gasteiger partial charge in [0.25, 0.3) is 5.91 Å². The van der Waals surface area contributed by atoms with E-state index in [1.165, 1.54) is 22.8 Å². The molecule has 0 saturated heterocycles. The minimum atomic E-state index is -1.03. The molecule has 0 saturated carbocycles. The fourth-order valence-corrected chi connectivity index (χ4v) is 3.96. The molecule has 1 atom stereocenters. The zero-order chi connectivity index (χ0) is 20.5. The predicted octanol–water partition coefficient (Wildman–Crippen LogP) is 3.88. The molecule has 0 bridgehead atoms. The highest BCUT2D eigenvalue weighted by molar-refractivity contribution is 8.18. The van der Waals surface area contributed by atoms with Crippen LogP contribution in [0, 0.1) is 29.4 Å². The fraction of sp³-hybridized carbons (Fsp3) is 0.136. The van der Waals surface area contributed by atoms with Gasteiger partial charge in [-0.3, -0.25) is 9.59 Å². The number of ketones is 1. The van der Waals surface area contributed by atoms with E-state index in [9.17, 15) is 18.4 Å². The number of hydrazone groups is 1. The van der Waals surface area contributed by atoms with Gasteiger partial charge in [0.05, 0.1) is 0 Å². The summed E-state index contributed by atoms with van der Waals surface area (Å²) in [6.45, 7) is 1.63. The molecular weight excluding hydrogens is 394 g/mol. The number of halogens is 2. The molecule has 29 heavy (non-hydrogen) atoms. The van der Waals surface area contributed by atoms with Crippen molar-refractivity contribution in [1.82, 2.24) is 5.01 Å². The lowest BCUT2D eigenvalue weighted by molar-refractivity contribution is -0.139. The Balaban J connectivity index is 1.60. The molecule has 1 unspecified atom stereocenters. The summed E-state index contributed by atoms with van der Waals surface area (Å²) in [7, 11) is 0. The van der Waals surface area contributed by atoms with Gasteiger partial charge in [-0.25, -0.2) is 8.78 Å². The lowest BCUT2D eigenvalue weighted by Gasteiger charge is -2.26. The maximum atomic E-state index is 13.5. The summed E-state index contributed by atoms with van der Waals surface area (Å²) < 4.78 is 26.6. The van der Waals surface area contributed by atoms with Crippen molar-refractivity contribution in [1.29, 1.82) is 0 Å². The van der Waals surface area contributed by atoms with Crippen LogP contribution < -0.4 is 0 Å². The van der Waals surface area contributed by atoms with Crippen molar-refractivity contribution in [3.8, 4) is 11.8 Å². The topological polar surface area (TPSA) is 49.7 Å². The molecule has 0 radical (unpaired) electrons. The summed E-state index contributed by atoms with van der Waals surface area (Å²) in [5.74, 6) is 2.03. The molecule has 4 rings (SSSR count). The second kappa shape index (κ2) is 7.64. The van der Waals surface area contributed by atoms with Crippen LogP contribution in [0.5, 0.6) is 0 Å². The van der Waals surface area contributed by atoms with Crippen LogP contribution in [-0.2, 0) is 16.0 Å². The summed E-state index contributed by atoms with van der Waals surface area (Å²) in [6, 6.07) is 12.7. The summed E-state index contributed by atoms with van der Waals surface area (Å²) in [5.41, 5.74) is 1.58. The minimum Gasteiger partial charge on any atom is -0.294 e. The predicted molar refractivity (Wildman–Crippen MR) is 106 cm³/mol. The van der Waals surface area contributed by atoms with Gasteiger partial charge in [0, 0.05) is 11.1 Å². The van der Waals surface area contributed by atoms with Gasteiger partial charge in [0.15, 0.2) is 22.5 Å². The van der Waals surface area contributed by atoms with Crippen molar-refractivity contribution in [2.24, 2.45) is 11.0 Å². The first-order valence-electron chi connectivity index (χ1n) is 8.80. The number of carbonyl (C=O) groups is 2. The first-order valence-corrected chi connectivity index (χ1v) is 9.62. The minimum absolute atomic E-state index is 0.0266. The van der Waals surface area contributed by atoms with Crippen LogP contribution in [0.25, 0.3) is 0 Å². The zero-order valence-electron chi connectivity index (χ0n) is 15.3. The highest BCUT2D eigenvalue weighted by atomic mass is 32.2. The molecule has 0 aliphatic carbocycles. The number of nitrogens with zero attached hydrogens (tertiary/aromatic N) is 2. The molecule has 2 heterocycles. The van der Waals surface area contributed by atoms with Gasteiger partial charge < -0.3 is 0 Å². The van der Waals surface area contributed by atoms with Crippen molar-refractivity contribution in [2.45, 2.75) is 13.3 Å². The van der Waals surface area contributed by atoms with Gasteiger partial charge >= 0.3 is 0 Å². The average Bonchev–Trinajstić information content (AvgIpc) is 3.16. The van der Waals surface area contributed by atoms with Gasteiger partial charge in [-0.1, -0.05) is 30.2 Å². The Morgan fingerprint density at radius 3 is 2.55 bits per heavy atom. The second-order valence-corrected chi connectivity index (χ2v) is 7.55. The van der Waals surface area contributed by atoms with E-state index in [1.807, 2.05) is 30.3 Å². The molecule has 144 valence electrons. The summed E-state index contributed by atoms with van der Waals surface area (Å²) in [4.78, 5) is 25.6. The van der Waals surface area contributed by atoms with Crippen LogP contribution in [0.1, 0.15) is 18.1 Å². The molecule has 1 amide bonds. The first-order chi connectivity index (χ1) is 13.9. The smallest absolute Gasteiger partial charge is 0.259 e. The number of hydrogen-bond acceptors (Lipinski definition) is 4.